The number of aromatic nitrogens is 3. The van der Waals surface area contributed by atoms with Gasteiger partial charge in [-0.2, -0.15) is 0 Å². The van der Waals surface area contributed by atoms with Crippen LogP contribution in [0.3, 0.4) is 0 Å². The van der Waals surface area contributed by atoms with Crippen LogP contribution < -0.4 is 27.8 Å². The van der Waals surface area contributed by atoms with Gasteiger partial charge in [0.05, 0.1) is 20.4 Å². The highest BCUT2D eigenvalue weighted by Crippen LogP contribution is 2.28. The third-order valence-corrected chi connectivity index (χ3v) is 6.28. The van der Waals surface area contributed by atoms with Crippen molar-refractivity contribution in [1.29, 1.82) is 0 Å². The molecule has 0 bridgehead atoms. The van der Waals surface area contributed by atoms with Gasteiger partial charge in [-0.3, -0.25) is 0 Å². The molecule has 2 aromatic carbocycles. The van der Waals surface area contributed by atoms with Crippen LogP contribution in [0.5, 0.6) is 0 Å². The molecule has 0 aliphatic carbocycles. The predicted molar refractivity (Wildman–Crippen MR) is 134 cm³/mol. The Morgan fingerprint density at radius 3 is 2.07 bits per heavy atom. The Morgan fingerprint density at radius 1 is 0.900 bits per heavy atom. The molecular weight excluding hydrogens is 457 g/mol. The monoisotopic (exact) mass is 472 g/mol. The standard InChI is InChI=1S/C10H8N4S2.C8H8N4S2/c11-9-14-7-5-6(1-2-8(7)16-9)13-10-12-3-4-15-10;9-7(13)11-4-1-2-6-5(3-4)12-8(10)14-6/h1-5H,(H2,11,14)(H,12,13);1-3H,(H2,10,12)(H3,9,11,13). The lowest BCUT2D eigenvalue weighted by atomic mass is 10.3. The van der Waals surface area contributed by atoms with Crippen LogP contribution in [0, 0.1) is 0 Å². The largest absolute Gasteiger partial charge is 0.376 e. The fraction of sp³-hybridized carbons (Fsp3) is 0. The van der Waals surface area contributed by atoms with Crippen molar-refractivity contribution in [2.24, 2.45) is 5.73 Å². The van der Waals surface area contributed by atoms with E-state index in [1.807, 2.05) is 41.8 Å². The zero-order valence-electron chi connectivity index (χ0n) is 15.3. The first-order valence-electron chi connectivity index (χ1n) is 8.51. The molecule has 8 nitrogen and oxygen atoms in total. The molecule has 0 radical (unpaired) electrons. The van der Waals surface area contributed by atoms with Crippen molar-refractivity contribution in [2.75, 3.05) is 22.1 Å². The molecule has 3 heterocycles. The maximum Gasteiger partial charge on any atom is 0.187 e. The van der Waals surface area contributed by atoms with E-state index in [1.165, 1.54) is 22.7 Å². The normalized spacial score (nSPS) is 10.5. The molecule has 5 aromatic rings. The maximum absolute atomic E-state index is 5.65. The van der Waals surface area contributed by atoms with E-state index in [2.05, 4.69) is 25.6 Å². The summed E-state index contributed by atoms with van der Waals surface area (Å²) < 4.78 is 2.15. The molecule has 0 saturated heterocycles. The molecular formula is C18H16N8S4. The van der Waals surface area contributed by atoms with Gasteiger partial charge in [0.1, 0.15) is 0 Å². The first kappa shape index (κ1) is 20.2. The van der Waals surface area contributed by atoms with Crippen LogP contribution in [-0.4, -0.2) is 20.1 Å². The minimum Gasteiger partial charge on any atom is -0.376 e. The fourth-order valence-corrected chi connectivity index (χ4v) is 4.69. The summed E-state index contributed by atoms with van der Waals surface area (Å²) in [6.07, 6.45) is 1.77. The average Bonchev–Trinajstić information content (AvgIpc) is 3.40. The van der Waals surface area contributed by atoms with Crippen molar-refractivity contribution in [3.63, 3.8) is 0 Å². The quantitative estimate of drug-likeness (QED) is 0.238. The minimum atomic E-state index is 0.243. The summed E-state index contributed by atoms with van der Waals surface area (Å²) in [7, 11) is 0. The summed E-state index contributed by atoms with van der Waals surface area (Å²) in [5, 5.41) is 10.3. The number of hydrogen-bond donors (Lipinski definition) is 5. The van der Waals surface area contributed by atoms with Gasteiger partial charge < -0.3 is 27.8 Å². The molecule has 30 heavy (non-hydrogen) atoms. The first-order chi connectivity index (χ1) is 14.5. The van der Waals surface area contributed by atoms with E-state index in [0.29, 0.717) is 10.3 Å². The number of nitrogen functional groups attached to an aromatic ring is 2. The number of rotatable bonds is 3. The van der Waals surface area contributed by atoms with Crippen LogP contribution in [0.15, 0.2) is 48.0 Å². The van der Waals surface area contributed by atoms with Crippen LogP contribution in [-0.2, 0) is 0 Å². The number of nitrogens with one attached hydrogen (secondary N) is 2. The third kappa shape index (κ3) is 4.91. The predicted octanol–water partition coefficient (Wildman–Crippen LogP) is 4.61. The number of hydrogen-bond acceptors (Lipinski definition) is 10. The van der Waals surface area contributed by atoms with Crippen LogP contribution >= 0.6 is 46.2 Å². The Kier molecular flexibility index (Phi) is 5.90. The van der Waals surface area contributed by atoms with Crippen molar-refractivity contribution >= 4 is 98.5 Å². The van der Waals surface area contributed by atoms with Crippen LogP contribution in [0.1, 0.15) is 0 Å². The SMILES string of the molecule is NC(=S)Nc1ccc2sc(N)nc2c1.Nc1nc2cc(Nc3nccs3)ccc2s1. The zero-order chi connectivity index (χ0) is 21.1. The lowest BCUT2D eigenvalue weighted by Gasteiger charge is -2.01. The summed E-state index contributed by atoms with van der Waals surface area (Å²) in [5.41, 5.74) is 20.2. The second-order valence-corrected chi connectivity index (χ2v) is 9.38. The van der Waals surface area contributed by atoms with Crippen molar-refractivity contribution < 1.29 is 0 Å². The Labute approximate surface area is 188 Å². The topological polar surface area (TPSA) is 141 Å². The van der Waals surface area contributed by atoms with Crippen LogP contribution in [0.25, 0.3) is 20.4 Å². The van der Waals surface area contributed by atoms with Gasteiger partial charge in [-0.05, 0) is 48.6 Å². The number of benzene rings is 2. The van der Waals surface area contributed by atoms with Gasteiger partial charge in [-0.15, -0.1) is 11.3 Å². The Hall–Kier alpha value is -3.06. The third-order valence-electron chi connectivity index (χ3n) is 3.76. The number of thiocarbonyl (C=S) groups is 1. The Bertz CT molecular complexity index is 1310. The summed E-state index contributed by atoms with van der Waals surface area (Å²) in [4.78, 5) is 12.6. The van der Waals surface area contributed by atoms with Gasteiger partial charge in [0.25, 0.3) is 0 Å². The van der Waals surface area contributed by atoms with Crippen molar-refractivity contribution in [3.05, 3.63) is 48.0 Å². The number of nitrogens with zero attached hydrogens (tertiary/aromatic N) is 3. The minimum absolute atomic E-state index is 0.243. The van der Waals surface area contributed by atoms with Crippen molar-refractivity contribution in [3.8, 4) is 0 Å². The first-order valence-corrected chi connectivity index (χ1v) is 11.4. The van der Waals surface area contributed by atoms with Crippen molar-refractivity contribution in [2.45, 2.75) is 0 Å². The second kappa shape index (κ2) is 8.75. The Morgan fingerprint density at radius 2 is 1.50 bits per heavy atom. The molecule has 0 aliphatic rings. The zero-order valence-corrected chi connectivity index (χ0v) is 18.6. The lowest BCUT2D eigenvalue weighted by Crippen LogP contribution is -2.18. The molecule has 0 atom stereocenters. The molecule has 0 amide bonds. The lowest BCUT2D eigenvalue weighted by molar-refractivity contribution is 1.39. The van der Waals surface area contributed by atoms with Crippen molar-refractivity contribution in [1.82, 2.24) is 15.0 Å². The maximum atomic E-state index is 5.65. The molecule has 5 rings (SSSR count). The summed E-state index contributed by atoms with van der Waals surface area (Å²) in [5.74, 6) is 0. The highest BCUT2D eigenvalue weighted by molar-refractivity contribution is 7.80. The van der Waals surface area contributed by atoms with Crippen LogP contribution in [0.4, 0.5) is 26.8 Å². The molecule has 0 saturated carbocycles. The molecule has 8 N–H and O–H groups in total. The number of anilines is 5. The van der Waals surface area contributed by atoms with Gasteiger partial charge in [0, 0.05) is 23.0 Å². The van der Waals surface area contributed by atoms with Crippen LogP contribution in [0.2, 0.25) is 0 Å². The van der Waals surface area contributed by atoms with E-state index in [9.17, 15) is 0 Å². The number of fused-ring (bicyclic) bond motifs is 2. The highest BCUT2D eigenvalue weighted by atomic mass is 32.1. The number of nitrogens with two attached hydrogens (primary N) is 3. The van der Waals surface area contributed by atoms with E-state index in [1.54, 1.807) is 17.5 Å². The molecule has 0 fully saturated rings. The summed E-state index contributed by atoms with van der Waals surface area (Å²) in [6.45, 7) is 0. The summed E-state index contributed by atoms with van der Waals surface area (Å²) in [6, 6.07) is 11.7. The molecule has 12 heteroatoms. The van der Waals surface area contributed by atoms with Gasteiger partial charge >= 0.3 is 0 Å². The van der Waals surface area contributed by atoms with Gasteiger partial charge in [-0.1, -0.05) is 22.7 Å². The highest BCUT2D eigenvalue weighted by Gasteiger charge is 2.03. The van der Waals surface area contributed by atoms with E-state index in [0.717, 1.165) is 36.9 Å². The smallest absolute Gasteiger partial charge is 0.187 e. The van der Waals surface area contributed by atoms with E-state index < -0.39 is 0 Å². The summed E-state index contributed by atoms with van der Waals surface area (Å²) >= 11 is 9.24. The fourth-order valence-electron chi connectivity index (χ4n) is 2.60. The molecule has 3 aromatic heterocycles. The molecule has 0 aliphatic heterocycles. The molecule has 0 spiro atoms. The second-order valence-electron chi connectivity index (χ2n) is 5.92. The van der Waals surface area contributed by atoms with Gasteiger partial charge in [0.15, 0.2) is 20.5 Å². The van der Waals surface area contributed by atoms with Gasteiger partial charge in [0.2, 0.25) is 0 Å². The Balaban J connectivity index is 0.000000147. The average molecular weight is 473 g/mol. The number of thiazole rings is 3. The molecule has 0 unspecified atom stereocenters. The molecule has 152 valence electrons. The van der Waals surface area contributed by atoms with E-state index in [4.69, 9.17) is 29.4 Å². The van der Waals surface area contributed by atoms with Gasteiger partial charge in [-0.25, -0.2) is 15.0 Å². The van der Waals surface area contributed by atoms with E-state index >= 15 is 0 Å². The van der Waals surface area contributed by atoms with E-state index in [-0.39, 0.29) is 5.11 Å².